The van der Waals surface area contributed by atoms with Gasteiger partial charge in [-0.05, 0) is 6.07 Å². The minimum absolute atomic E-state index is 0.0981. The van der Waals surface area contributed by atoms with E-state index in [-0.39, 0.29) is 5.78 Å². The first-order chi connectivity index (χ1) is 7.84. The minimum atomic E-state index is 0.0981. The second kappa shape index (κ2) is 3.57. The van der Waals surface area contributed by atoms with Crippen molar-refractivity contribution >= 4 is 5.78 Å². The Morgan fingerprint density at radius 1 is 1.25 bits per heavy atom. The Bertz CT molecular complexity index is 530. The molecule has 0 amide bonds. The summed E-state index contributed by atoms with van der Waals surface area (Å²) >= 11 is 0. The Balaban J connectivity index is 2.08. The van der Waals surface area contributed by atoms with Gasteiger partial charge in [-0.15, -0.1) is 0 Å². The number of nitrogens with zero attached hydrogens (tertiary/aromatic N) is 2. The van der Waals surface area contributed by atoms with Crippen molar-refractivity contribution in [3.05, 3.63) is 42.1 Å². The first-order valence-corrected chi connectivity index (χ1v) is 5.22. The predicted octanol–water partition coefficient (Wildman–Crippen LogP) is 1.29. The van der Waals surface area contributed by atoms with Crippen molar-refractivity contribution in [3.8, 4) is 11.3 Å². The third-order valence-corrected chi connectivity index (χ3v) is 2.68. The van der Waals surface area contributed by atoms with E-state index in [4.69, 9.17) is 0 Å². The lowest BCUT2D eigenvalue weighted by Gasteiger charge is -2.12. The van der Waals surface area contributed by atoms with Gasteiger partial charge in [0, 0.05) is 5.56 Å². The monoisotopic (exact) mass is 213 g/mol. The van der Waals surface area contributed by atoms with E-state index in [0.29, 0.717) is 18.9 Å². The average molecular weight is 213 g/mol. The normalized spacial score (nSPS) is 14.9. The molecule has 1 aromatic carbocycles. The molecular formula is C12H11N3O. The zero-order chi connectivity index (χ0) is 11.0. The van der Waals surface area contributed by atoms with Crippen molar-refractivity contribution in [2.75, 3.05) is 6.54 Å². The van der Waals surface area contributed by atoms with Gasteiger partial charge < -0.3 is 0 Å². The van der Waals surface area contributed by atoms with Gasteiger partial charge in [0.05, 0.1) is 18.9 Å². The number of hydrogen-bond acceptors (Lipinski definition) is 3. The molecule has 1 N–H and O–H groups in total. The van der Waals surface area contributed by atoms with Crippen LogP contribution in [0.3, 0.4) is 0 Å². The Morgan fingerprint density at radius 3 is 2.81 bits per heavy atom. The summed E-state index contributed by atoms with van der Waals surface area (Å²) in [6.07, 6.45) is 0. The molecule has 4 heteroatoms. The highest BCUT2D eigenvalue weighted by atomic mass is 16.1. The molecule has 0 saturated heterocycles. The molecule has 0 aliphatic carbocycles. The highest BCUT2D eigenvalue weighted by molar-refractivity contribution is 5.97. The van der Waals surface area contributed by atoms with Crippen LogP contribution in [0.25, 0.3) is 11.3 Å². The number of nitrogens with one attached hydrogen (secondary N) is 1. The molecule has 0 bridgehead atoms. The zero-order valence-electron chi connectivity index (χ0n) is 8.68. The second-order valence-corrected chi connectivity index (χ2v) is 3.79. The zero-order valence-corrected chi connectivity index (χ0v) is 8.68. The van der Waals surface area contributed by atoms with E-state index < -0.39 is 0 Å². The lowest BCUT2D eigenvalue weighted by atomic mass is 10.1. The van der Waals surface area contributed by atoms with Crippen LogP contribution in [0.15, 0.2) is 36.4 Å². The van der Waals surface area contributed by atoms with Gasteiger partial charge in [-0.1, -0.05) is 30.3 Å². The molecule has 3 rings (SSSR count). The van der Waals surface area contributed by atoms with Crippen LogP contribution in [0, 0.1) is 0 Å². The van der Waals surface area contributed by atoms with Gasteiger partial charge in [-0.3, -0.25) is 10.1 Å². The van der Waals surface area contributed by atoms with Crippen LogP contribution >= 0.6 is 0 Å². The van der Waals surface area contributed by atoms with E-state index >= 15 is 0 Å². The quantitative estimate of drug-likeness (QED) is 0.776. The van der Waals surface area contributed by atoms with E-state index in [2.05, 4.69) is 10.4 Å². The van der Waals surface area contributed by atoms with E-state index in [1.807, 2.05) is 36.4 Å². The number of rotatable bonds is 1. The SMILES string of the molecule is O=C1CNCn2nc(-c3ccccc3)cc21. The van der Waals surface area contributed by atoms with Crippen LogP contribution in [-0.4, -0.2) is 22.1 Å². The number of Topliss-reactive ketones (excluding diaryl/α,β-unsaturated/α-hetero) is 1. The first kappa shape index (κ1) is 9.30. The van der Waals surface area contributed by atoms with Crippen molar-refractivity contribution in [1.82, 2.24) is 15.1 Å². The number of carbonyl (C=O) groups excluding carboxylic acids is 1. The van der Waals surface area contributed by atoms with Crippen LogP contribution in [-0.2, 0) is 6.67 Å². The Labute approximate surface area is 92.9 Å². The van der Waals surface area contributed by atoms with Crippen molar-refractivity contribution in [3.63, 3.8) is 0 Å². The molecule has 1 aromatic heterocycles. The molecule has 0 radical (unpaired) electrons. The summed E-state index contributed by atoms with van der Waals surface area (Å²) in [7, 11) is 0. The molecule has 0 fully saturated rings. The molecule has 2 heterocycles. The maximum atomic E-state index is 11.6. The van der Waals surface area contributed by atoms with Crippen LogP contribution in [0.2, 0.25) is 0 Å². The van der Waals surface area contributed by atoms with Gasteiger partial charge in [-0.25, -0.2) is 4.68 Å². The van der Waals surface area contributed by atoms with Crippen molar-refractivity contribution in [1.29, 1.82) is 0 Å². The Kier molecular flexibility index (Phi) is 2.08. The van der Waals surface area contributed by atoms with Crippen molar-refractivity contribution < 1.29 is 4.79 Å². The minimum Gasteiger partial charge on any atom is -0.291 e. The lowest BCUT2D eigenvalue weighted by molar-refractivity contribution is 0.0959. The van der Waals surface area contributed by atoms with E-state index in [1.165, 1.54) is 0 Å². The molecule has 80 valence electrons. The fraction of sp³-hybridized carbons (Fsp3) is 0.167. The number of aromatic nitrogens is 2. The maximum absolute atomic E-state index is 11.6. The van der Waals surface area contributed by atoms with Gasteiger partial charge in [0.25, 0.3) is 0 Å². The summed E-state index contributed by atoms with van der Waals surface area (Å²) in [5, 5.41) is 7.41. The number of benzene rings is 1. The summed E-state index contributed by atoms with van der Waals surface area (Å²) in [4.78, 5) is 11.6. The third kappa shape index (κ3) is 1.44. The van der Waals surface area contributed by atoms with Gasteiger partial charge >= 0.3 is 0 Å². The smallest absolute Gasteiger partial charge is 0.194 e. The molecule has 1 aliphatic heterocycles. The van der Waals surface area contributed by atoms with Gasteiger partial charge in [0.15, 0.2) is 5.78 Å². The summed E-state index contributed by atoms with van der Waals surface area (Å²) in [6.45, 7) is 1.01. The summed E-state index contributed by atoms with van der Waals surface area (Å²) in [5.41, 5.74) is 2.59. The number of ketones is 1. The summed E-state index contributed by atoms with van der Waals surface area (Å²) in [5.74, 6) is 0.0981. The molecule has 0 spiro atoms. The van der Waals surface area contributed by atoms with Crippen LogP contribution in [0.4, 0.5) is 0 Å². The topological polar surface area (TPSA) is 46.9 Å². The maximum Gasteiger partial charge on any atom is 0.194 e. The van der Waals surface area contributed by atoms with Gasteiger partial charge in [0.1, 0.15) is 5.69 Å². The van der Waals surface area contributed by atoms with E-state index in [0.717, 1.165) is 11.3 Å². The fourth-order valence-corrected chi connectivity index (χ4v) is 1.88. The van der Waals surface area contributed by atoms with Crippen molar-refractivity contribution in [2.24, 2.45) is 0 Å². The van der Waals surface area contributed by atoms with Crippen molar-refractivity contribution in [2.45, 2.75) is 6.67 Å². The van der Waals surface area contributed by atoms with Crippen LogP contribution in [0.1, 0.15) is 10.5 Å². The van der Waals surface area contributed by atoms with Crippen LogP contribution < -0.4 is 5.32 Å². The standard InChI is InChI=1S/C12H11N3O/c16-12-7-13-8-15-11(12)6-10(14-15)9-4-2-1-3-5-9/h1-6,13H,7-8H2. The molecule has 0 saturated carbocycles. The van der Waals surface area contributed by atoms with E-state index in [9.17, 15) is 4.79 Å². The molecule has 0 unspecified atom stereocenters. The van der Waals surface area contributed by atoms with E-state index in [1.54, 1.807) is 4.68 Å². The van der Waals surface area contributed by atoms with Gasteiger partial charge in [0.2, 0.25) is 0 Å². The van der Waals surface area contributed by atoms with Crippen LogP contribution in [0.5, 0.6) is 0 Å². The number of fused-ring (bicyclic) bond motifs is 1. The lowest BCUT2D eigenvalue weighted by Crippen LogP contribution is -2.34. The average Bonchev–Trinajstić information content (AvgIpc) is 2.76. The summed E-state index contributed by atoms with van der Waals surface area (Å²) in [6, 6.07) is 11.7. The Hall–Kier alpha value is -1.94. The molecule has 4 nitrogen and oxygen atoms in total. The first-order valence-electron chi connectivity index (χ1n) is 5.22. The predicted molar refractivity (Wildman–Crippen MR) is 60.0 cm³/mol. The molecule has 16 heavy (non-hydrogen) atoms. The second-order valence-electron chi connectivity index (χ2n) is 3.79. The number of carbonyl (C=O) groups is 1. The third-order valence-electron chi connectivity index (χ3n) is 2.68. The fourth-order valence-electron chi connectivity index (χ4n) is 1.88. The number of hydrogen-bond donors (Lipinski definition) is 1. The Morgan fingerprint density at radius 2 is 2.06 bits per heavy atom. The highest BCUT2D eigenvalue weighted by Gasteiger charge is 2.19. The largest absolute Gasteiger partial charge is 0.291 e. The molecule has 0 atom stereocenters. The molecule has 2 aromatic rings. The molecular weight excluding hydrogens is 202 g/mol. The molecule has 1 aliphatic rings. The van der Waals surface area contributed by atoms with Gasteiger partial charge in [-0.2, -0.15) is 5.10 Å². The highest BCUT2D eigenvalue weighted by Crippen LogP contribution is 2.19. The summed E-state index contributed by atoms with van der Waals surface area (Å²) < 4.78 is 1.72.